The maximum Gasteiger partial charge on any atom is 0.226 e. The first-order valence-corrected chi connectivity index (χ1v) is 11.4. The maximum absolute atomic E-state index is 12.9. The standard InChI is InChI=1S/C18H31N3O3S/c1-20-3-5-21(6-4-20)25(23,24)7-2-19-17(22)18-11-14-8-15(12-18)10-16(9-14)13-18/h14-16H,2-13H2,1H3,(H,19,22). The van der Waals surface area contributed by atoms with E-state index in [2.05, 4.69) is 10.2 Å². The number of amides is 1. The van der Waals surface area contributed by atoms with Gasteiger partial charge in [0.05, 0.1) is 5.75 Å². The predicted molar refractivity (Wildman–Crippen MR) is 96.5 cm³/mol. The second-order valence-electron chi connectivity index (χ2n) is 8.97. The lowest BCUT2D eigenvalue weighted by molar-refractivity contribution is -0.146. The molecule has 1 heterocycles. The Kier molecular flexibility index (Phi) is 4.61. The number of carbonyl (C=O) groups excluding carboxylic acids is 1. The Labute approximate surface area is 151 Å². The van der Waals surface area contributed by atoms with Gasteiger partial charge in [-0.3, -0.25) is 4.79 Å². The second kappa shape index (κ2) is 6.50. The van der Waals surface area contributed by atoms with E-state index >= 15 is 0 Å². The maximum atomic E-state index is 12.9. The molecule has 5 fully saturated rings. The van der Waals surface area contributed by atoms with Crippen molar-refractivity contribution in [3.63, 3.8) is 0 Å². The largest absolute Gasteiger partial charge is 0.355 e. The Morgan fingerprint density at radius 1 is 1.00 bits per heavy atom. The van der Waals surface area contributed by atoms with E-state index in [1.165, 1.54) is 19.3 Å². The lowest BCUT2D eigenvalue weighted by Gasteiger charge is -2.55. The highest BCUT2D eigenvalue weighted by Crippen LogP contribution is 2.60. The zero-order chi connectivity index (χ0) is 17.7. The molecule has 25 heavy (non-hydrogen) atoms. The van der Waals surface area contributed by atoms with Gasteiger partial charge in [-0.25, -0.2) is 8.42 Å². The molecule has 6 nitrogen and oxygen atoms in total. The zero-order valence-electron chi connectivity index (χ0n) is 15.2. The highest BCUT2D eigenvalue weighted by atomic mass is 32.2. The fraction of sp³-hybridized carbons (Fsp3) is 0.944. The topological polar surface area (TPSA) is 69.7 Å². The first kappa shape index (κ1) is 17.7. The monoisotopic (exact) mass is 369 g/mol. The summed E-state index contributed by atoms with van der Waals surface area (Å²) in [5.41, 5.74) is -0.188. The van der Waals surface area contributed by atoms with Gasteiger partial charge in [0.15, 0.2) is 0 Å². The van der Waals surface area contributed by atoms with E-state index in [4.69, 9.17) is 0 Å². The van der Waals surface area contributed by atoms with E-state index in [0.717, 1.165) is 50.1 Å². The molecule has 0 aromatic rings. The highest BCUT2D eigenvalue weighted by Gasteiger charge is 2.54. The summed E-state index contributed by atoms with van der Waals surface area (Å²) in [4.78, 5) is 15.0. The number of nitrogens with zero attached hydrogens (tertiary/aromatic N) is 2. The molecule has 5 rings (SSSR count). The third kappa shape index (κ3) is 3.47. The molecule has 1 N–H and O–H groups in total. The van der Waals surface area contributed by atoms with Crippen molar-refractivity contribution in [1.29, 1.82) is 0 Å². The summed E-state index contributed by atoms with van der Waals surface area (Å²) in [5, 5.41) is 2.99. The number of nitrogens with one attached hydrogen (secondary N) is 1. The minimum Gasteiger partial charge on any atom is -0.355 e. The lowest BCUT2D eigenvalue weighted by atomic mass is 9.49. The molecule has 5 aliphatic rings. The van der Waals surface area contributed by atoms with Gasteiger partial charge in [-0.2, -0.15) is 4.31 Å². The number of hydrogen-bond donors (Lipinski definition) is 1. The Morgan fingerprint density at radius 2 is 1.52 bits per heavy atom. The van der Waals surface area contributed by atoms with E-state index in [1.54, 1.807) is 4.31 Å². The smallest absolute Gasteiger partial charge is 0.226 e. The van der Waals surface area contributed by atoms with E-state index in [-0.39, 0.29) is 23.6 Å². The zero-order valence-corrected chi connectivity index (χ0v) is 16.1. The molecule has 7 heteroatoms. The van der Waals surface area contributed by atoms with Gasteiger partial charge in [0.1, 0.15) is 0 Å². The molecule has 1 amide bonds. The number of piperazine rings is 1. The number of rotatable bonds is 5. The van der Waals surface area contributed by atoms with Crippen LogP contribution >= 0.6 is 0 Å². The molecule has 0 radical (unpaired) electrons. The van der Waals surface area contributed by atoms with Crippen LogP contribution in [0.3, 0.4) is 0 Å². The van der Waals surface area contributed by atoms with Gasteiger partial charge in [0, 0.05) is 38.1 Å². The van der Waals surface area contributed by atoms with Crippen LogP contribution in [0.1, 0.15) is 38.5 Å². The summed E-state index contributed by atoms with van der Waals surface area (Å²) in [6, 6.07) is 0. The van der Waals surface area contributed by atoms with Crippen LogP contribution in [0.2, 0.25) is 0 Å². The third-order valence-electron chi connectivity index (χ3n) is 7.02. The highest BCUT2D eigenvalue weighted by molar-refractivity contribution is 7.89. The summed E-state index contributed by atoms with van der Waals surface area (Å²) in [7, 11) is -1.26. The SMILES string of the molecule is CN1CCN(S(=O)(=O)CCNC(=O)C23CC4CC(CC(C4)C2)C3)CC1. The average molecular weight is 370 g/mol. The fourth-order valence-corrected chi connectivity index (χ4v) is 7.40. The molecule has 4 aliphatic carbocycles. The summed E-state index contributed by atoms with van der Waals surface area (Å²) < 4.78 is 26.5. The van der Waals surface area contributed by atoms with Gasteiger partial charge in [-0.1, -0.05) is 0 Å². The van der Waals surface area contributed by atoms with Gasteiger partial charge in [0.25, 0.3) is 0 Å². The van der Waals surface area contributed by atoms with Crippen molar-refractivity contribution < 1.29 is 13.2 Å². The van der Waals surface area contributed by atoms with Crippen LogP contribution in [-0.4, -0.2) is 69.1 Å². The van der Waals surface area contributed by atoms with Gasteiger partial charge >= 0.3 is 0 Å². The van der Waals surface area contributed by atoms with Crippen molar-refractivity contribution in [2.45, 2.75) is 38.5 Å². The molecule has 142 valence electrons. The van der Waals surface area contributed by atoms with Gasteiger partial charge < -0.3 is 10.2 Å². The van der Waals surface area contributed by atoms with E-state index < -0.39 is 10.0 Å². The van der Waals surface area contributed by atoms with E-state index in [0.29, 0.717) is 13.1 Å². The second-order valence-corrected chi connectivity index (χ2v) is 11.1. The van der Waals surface area contributed by atoms with Crippen molar-refractivity contribution >= 4 is 15.9 Å². The molecule has 1 saturated heterocycles. The van der Waals surface area contributed by atoms with Crippen LogP contribution in [0.25, 0.3) is 0 Å². The molecule has 0 aromatic heterocycles. The quantitative estimate of drug-likeness (QED) is 0.782. The summed E-state index contributed by atoms with van der Waals surface area (Å²) in [6.07, 6.45) is 7.00. The number of likely N-dealkylation sites (N-methyl/N-ethyl adjacent to an activating group) is 1. The molecule has 0 unspecified atom stereocenters. The Bertz CT molecular complexity index is 590. The number of carbonyl (C=O) groups is 1. The molecular formula is C18H31N3O3S. The Morgan fingerprint density at radius 3 is 2.04 bits per heavy atom. The minimum absolute atomic E-state index is 0.0226. The molecule has 1 aliphatic heterocycles. The lowest BCUT2D eigenvalue weighted by Crippen LogP contribution is -2.54. The average Bonchev–Trinajstić information content (AvgIpc) is 2.53. The molecule has 0 atom stereocenters. The first-order valence-electron chi connectivity index (χ1n) is 9.81. The van der Waals surface area contributed by atoms with Gasteiger partial charge in [-0.05, 0) is 63.3 Å². The van der Waals surface area contributed by atoms with Crippen LogP contribution in [0.5, 0.6) is 0 Å². The number of hydrogen-bond acceptors (Lipinski definition) is 4. The Hall–Kier alpha value is -0.660. The summed E-state index contributed by atoms with van der Waals surface area (Å²) >= 11 is 0. The van der Waals surface area contributed by atoms with E-state index in [9.17, 15) is 13.2 Å². The molecule has 4 bridgehead atoms. The van der Waals surface area contributed by atoms with Crippen molar-refractivity contribution in [3.8, 4) is 0 Å². The molecule has 4 saturated carbocycles. The van der Waals surface area contributed by atoms with Crippen LogP contribution in [0.15, 0.2) is 0 Å². The third-order valence-corrected chi connectivity index (χ3v) is 8.89. The Balaban J connectivity index is 1.30. The summed E-state index contributed by atoms with van der Waals surface area (Å²) in [6.45, 7) is 2.91. The summed E-state index contributed by atoms with van der Waals surface area (Å²) in [5.74, 6) is 2.33. The molecule has 0 aromatic carbocycles. The van der Waals surface area contributed by atoms with Crippen molar-refractivity contribution in [1.82, 2.24) is 14.5 Å². The normalized spacial score (nSPS) is 38.8. The van der Waals surface area contributed by atoms with Crippen LogP contribution in [-0.2, 0) is 14.8 Å². The van der Waals surface area contributed by atoms with Crippen molar-refractivity contribution in [3.05, 3.63) is 0 Å². The van der Waals surface area contributed by atoms with Crippen molar-refractivity contribution in [2.24, 2.45) is 23.2 Å². The minimum atomic E-state index is -3.27. The number of sulfonamides is 1. The van der Waals surface area contributed by atoms with Gasteiger partial charge in [-0.15, -0.1) is 0 Å². The van der Waals surface area contributed by atoms with Crippen LogP contribution < -0.4 is 5.32 Å². The van der Waals surface area contributed by atoms with Crippen LogP contribution in [0, 0.1) is 23.2 Å². The molecule has 0 spiro atoms. The predicted octanol–water partition coefficient (Wildman–Crippen LogP) is 0.896. The van der Waals surface area contributed by atoms with Crippen molar-refractivity contribution in [2.75, 3.05) is 45.5 Å². The van der Waals surface area contributed by atoms with Gasteiger partial charge in [0.2, 0.25) is 15.9 Å². The van der Waals surface area contributed by atoms with E-state index in [1.807, 2.05) is 7.05 Å². The first-order chi connectivity index (χ1) is 11.9. The van der Waals surface area contributed by atoms with Crippen LogP contribution in [0.4, 0.5) is 0 Å². The fourth-order valence-electron chi connectivity index (χ4n) is 6.07. The molecular weight excluding hydrogens is 338 g/mol.